The number of methoxy groups -OCH3 is 1. The molecule has 0 aliphatic heterocycles. The van der Waals surface area contributed by atoms with Crippen LogP contribution in [0.5, 0.6) is 11.5 Å². The topological polar surface area (TPSA) is 78.7 Å². The highest BCUT2D eigenvalue weighted by Crippen LogP contribution is 2.24. The third-order valence-corrected chi connectivity index (χ3v) is 3.14. The molecular weight excluding hydrogens is 286 g/mol. The van der Waals surface area contributed by atoms with Crippen LogP contribution >= 0.6 is 0 Å². The second-order valence-electron chi connectivity index (χ2n) is 4.62. The number of carbonyl (C=O) groups excluding carboxylic acids is 1. The van der Waals surface area contributed by atoms with Gasteiger partial charge in [0.15, 0.2) is 6.61 Å². The first-order valence-corrected chi connectivity index (χ1v) is 6.57. The SMILES string of the molecule is COc1ccccc1C(=O)COc1ccc([N+](=O)[O-])c(C)c1. The third kappa shape index (κ3) is 3.41. The highest BCUT2D eigenvalue weighted by molar-refractivity contribution is 5.99. The van der Waals surface area contributed by atoms with Gasteiger partial charge in [-0.05, 0) is 31.2 Å². The van der Waals surface area contributed by atoms with Gasteiger partial charge in [0.05, 0.1) is 17.6 Å². The summed E-state index contributed by atoms with van der Waals surface area (Å²) in [5.74, 6) is 0.663. The van der Waals surface area contributed by atoms with Crippen molar-refractivity contribution >= 4 is 11.5 Å². The second kappa shape index (κ2) is 6.71. The van der Waals surface area contributed by atoms with Gasteiger partial charge in [-0.15, -0.1) is 0 Å². The molecule has 0 bridgehead atoms. The fourth-order valence-electron chi connectivity index (χ4n) is 2.02. The minimum atomic E-state index is -0.459. The largest absolute Gasteiger partial charge is 0.496 e. The van der Waals surface area contributed by atoms with Crippen LogP contribution in [0.1, 0.15) is 15.9 Å². The van der Waals surface area contributed by atoms with E-state index < -0.39 is 4.92 Å². The standard InChI is InChI=1S/C16H15NO5/c1-11-9-12(7-8-14(11)17(19)20)22-10-15(18)13-5-3-4-6-16(13)21-2/h3-9H,10H2,1-2H3. The fourth-order valence-corrected chi connectivity index (χ4v) is 2.02. The Morgan fingerprint density at radius 2 is 1.95 bits per heavy atom. The maximum atomic E-state index is 12.1. The molecule has 2 aromatic rings. The molecule has 6 heteroatoms. The molecule has 0 aliphatic carbocycles. The lowest BCUT2D eigenvalue weighted by Gasteiger charge is -2.09. The number of nitro groups is 1. The lowest BCUT2D eigenvalue weighted by atomic mass is 10.1. The Bertz CT molecular complexity index is 711. The molecule has 2 aromatic carbocycles. The Balaban J connectivity index is 2.08. The average Bonchev–Trinajstić information content (AvgIpc) is 2.52. The number of Topliss-reactive ketones (excluding diaryl/α,β-unsaturated/α-hetero) is 1. The first kappa shape index (κ1) is 15.5. The fraction of sp³-hybridized carbons (Fsp3) is 0.188. The quantitative estimate of drug-likeness (QED) is 0.465. The molecule has 6 nitrogen and oxygen atoms in total. The van der Waals surface area contributed by atoms with Crippen LogP contribution < -0.4 is 9.47 Å². The summed E-state index contributed by atoms with van der Waals surface area (Å²) in [6, 6.07) is 11.2. The van der Waals surface area contributed by atoms with E-state index in [1.165, 1.54) is 25.3 Å². The van der Waals surface area contributed by atoms with E-state index in [1.54, 1.807) is 31.2 Å². The molecule has 22 heavy (non-hydrogen) atoms. The van der Waals surface area contributed by atoms with Crippen LogP contribution in [-0.4, -0.2) is 24.4 Å². The van der Waals surface area contributed by atoms with E-state index in [4.69, 9.17) is 9.47 Å². The molecule has 0 aromatic heterocycles. The number of ether oxygens (including phenoxy) is 2. The Labute approximate surface area is 127 Å². The highest BCUT2D eigenvalue weighted by Gasteiger charge is 2.14. The van der Waals surface area contributed by atoms with E-state index in [0.717, 1.165) is 0 Å². The van der Waals surface area contributed by atoms with Crippen LogP contribution in [0.3, 0.4) is 0 Å². The maximum Gasteiger partial charge on any atom is 0.272 e. The van der Waals surface area contributed by atoms with Crippen LogP contribution in [0.15, 0.2) is 42.5 Å². The van der Waals surface area contributed by atoms with Gasteiger partial charge in [0, 0.05) is 11.6 Å². The number of hydrogen-bond donors (Lipinski definition) is 0. The molecule has 0 heterocycles. The summed E-state index contributed by atoms with van der Waals surface area (Å²) < 4.78 is 10.5. The summed E-state index contributed by atoms with van der Waals surface area (Å²) in [5.41, 5.74) is 0.930. The van der Waals surface area contributed by atoms with Gasteiger partial charge in [-0.2, -0.15) is 0 Å². The number of nitrogens with zero attached hydrogens (tertiary/aromatic N) is 1. The van der Waals surface area contributed by atoms with Crippen molar-refractivity contribution in [3.8, 4) is 11.5 Å². The van der Waals surface area contributed by atoms with Gasteiger partial charge in [0.2, 0.25) is 5.78 Å². The van der Waals surface area contributed by atoms with E-state index in [2.05, 4.69) is 0 Å². The zero-order valence-corrected chi connectivity index (χ0v) is 12.2. The Kier molecular flexibility index (Phi) is 4.73. The van der Waals surface area contributed by atoms with Crippen molar-refractivity contribution in [2.24, 2.45) is 0 Å². The van der Waals surface area contributed by atoms with E-state index >= 15 is 0 Å². The van der Waals surface area contributed by atoms with Crippen molar-refractivity contribution in [2.75, 3.05) is 13.7 Å². The number of benzene rings is 2. The van der Waals surface area contributed by atoms with Crippen molar-refractivity contribution in [1.29, 1.82) is 0 Å². The molecule has 0 saturated heterocycles. The molecule has 0 fully saturated rings. The molecule has 0 radical (unpaired) electrons. The minimum absolute atomic E-state index is 0.0170. The van der Waals surface area contributed by atoms with Gasteiger partial charge in [-0.25, -0.2) is 0 Å². The van der Waals surface area contributed by atoms with Crippen LogP contribution in [0, 0.1) is 17.0 Å². The average molecular weight is 301 g/mol. The van der Waals surface area contributed by atoms with Gasteiger partial charge in [0.25, 0.3) is 5.69 Å². The number of ketones is 1. The number of carbonyl (C=O) groups is 1. The van der Waals surface area contributed by atoms with Crippen molar-refractivity contribution in [2.45, 2.75) is 6.92 Å². The molecule has 0 spiro atoms. The molecule has 2 rings (SSSR count). The first-order chi connectivity index (χ1) is 10.5. The van der Waals surface area contributed by atoms with Crippen molar-refractivity contribution in [1.82, 2.24) is 0 Å². The van der Waals surface area contributed by atoms with Gasteiger partial charge >= 0.3 is 0 Å². The smallest absolute Gasteiger partial charge is 0.272 e. The lowest BCUT2D eigenvalue weighted by molar-refractivity contribution is -0.385. The van der Waals surface area contributed by atoms with Crippen LogP contribution in [0.4, 0.5) is 5.69 Å². The van der Waals surface area contributed by atoms with Crippen LogP contribution in [0.2, 0.25) is 0 Å². The normalized spacial score (nSPS) is 10.1. The number of rotatable bonds is 6. The van der Waals surface area contributed by atoms with E-state index in [1.807, 2.05) is 0 Å². The molecule has 0 aliphatic rings. The summed E-state index contributed by atoms with van der Waals surface area (Å²) in [7, 11) is 1.49. The number of nitro benzene ring substituents is 1. The number of para-hydroxylation sites is 1. The second-order valence-corrected chi connectivity index (χ2v) is 4.62. The summed E-state index contributed by atoms with van der Waals surface area (Å²) >= 11 is 0. The highest BCUT2D eigenvalue weighted by atomic mass is 16.6. The predicted octanol–water partition coefficient (Wildman–Crippen LogP) is 3.17. The summed E-state index contributed by atoms with van der Waals surface area (Å²) in [6.45, 7) is 1.45. The molecule has 0 atom stereocenters. The van der Waals surface area contributed by atoms with Gasteiger partial charge in [0.1, 0.15) is 11.5 Å². The van der Waals surface area contributed by atoms with Gasteiger partial charge in [-0.1, -0.05) is 12.1 Å². The molecule has 0 N–H and O–H groups in total. The van der Waals surface area contributed by atoms with Gasteiger partial charge in [-0.3, -0.25) is 14.9 Å². The molecule has 0 amide bonds. The molecule has 0 unspecified atom stereocenters. The zero-order valence-electron chi connectivity index (χ0n) is 12.2. The summed E-state index contributed by atoms with van der Waals surface area (Å²) in [6.07, 6.45) is 0. The summed E-state index contributed by atoms with van der Waals surface area (Å²) in [5, 5.41) is 10.8. The van der Waals surface area contributed by atoms with E-state index in [0.29, 0.717) is 22.6 Å². The summed E-state index contributed by atoms with van der Waals surface area (Å²) in [4.78, 5) is 22.4. The molecular formula is C16H15NO5. The first-order valence-electron chi connectivity index (χ1n) is 6.57. The minimum Gasteiger partial charge on any atom is -0.496 e. The Hall–Kier alpha value is -2.89. The van der Waals surface area contributed by atoms with Crippen molar-refractivity contribution in [3.05, 3.63) is 63.7 Å². The Morgan fingerprint density at radius 3 is 2.59 bits per heavy atom. The van der Waals surface area contributed by atoms with Crippen LogP contribution in [-0.2, 0) is 0 Å². The number of aryl methyl sites for hydroxylation is 1. The van der Waals surface area contributed by atoms with E-state index in [9.17, 15) is 14.9 Å². The predicted molar refractivity (Wildman–Crippen MR) is 80.7 cm³/mol. The Morgan fingerprint density at radius 1 is 1.23 bits per heavy atom. The monoisotopic (exact) mass is 301 g/mol. The van der Waals surface area contributed by atoms with Crippen LogP contribution in [0.25, 0.3) is 0 Å². The number of hydrogen-bond acceptors (Lipinski definition) is 5. The van der Waals surface area contributed by atoms with Crippen molar-refractivity contribution in [3.63, 3.8) is 0 Å². The lowest BCUT2D eigenvalue weighted by Crippen LogP contribution is -2.12. The molecule has 0 saturated carbocycles. The third-order valence-electron chi connectivity index (χ3n) is 3.14. The molecule has 114 valence electrons. The zero-order chi connectivity index (χ0) is 16.1. The van der Waals surface area contributed by atoms with Gasteiger partial charge < -0.3 is 9.47 Å². The van der Waals surface area contributed by atoms with E-state index in [-0.39, 0.29) is 18.1 Å². The van der Waals surface area contributed by atoms with Crippen molar-refractivity contribution < 1.29 is 19.2 Å². The maximum absolute atomic E-state index is 12.1.